The lowest BCUT2D eigenvalue weighted by Gasteiger charge is -2.39. The average molecular weight is 335 g/mol. The summed E-state index contributed by atoms with van der Waals surface area (Å²) in [5.74, 6) is 0.170. The normalized spacial score (nSPS) is 19.5. The van der Waals surface area contributed by atoms with Crippen LogP contribution in [-0.2, 0) is 11.0 Å². The van der Waals surface area contributed by atoms with Crippen molar-refractivity contribution in [3.05, 3.63) is 23.5 Å². The van der Waals surface area contributed by atoms with E-state index in [0.29, 0.717) is 18.8 Å². The van der Waals surface area contributed by atoms with E-state index in [4.69, 9.17) is 10.2 Å². The van der Waals surface area contributed by atoms with E-state index in [1.165, 1.54) is 0 Å². The predicted octanol–water partition coefficient (Wildman–Crippen LogP) is 2.70. The molecular formula is C16H30BN3O2Si. The van der Waals surface area contributed by atoms with Crippen LogP contribution < -0.4 is 5.73 Å². The van der Waals surface area contributed by atoms with E-state index in [0.717, 1.165) is 17.8 Å². The fourth-order valence-corrected chi connectivity index (χ4v) is 3.68. The first-order valence-corrected chi connectivity index (χ1v) is 11.2. The molecule has 1 atom stereocenters. The number of fused-ring (bicyclic) bond motifs is 1. The molecule has 1 aliphatic rings. The number of aromatic nitrogens is 1. The number of rotatable bonds is 4. The molecule has 2 rings (SSSR count). The first-order valence-electron chi connectivity index (χ1n) is 8.31. The summed E-state index contributed by atoms with van der Waals surface area (Å²) in [6.07, 6.45) is 1.72. The van der Waals surface area contributed by atoms with Gasteiger partial charge in [-0.3, -0.25) is 4.98 Å². The molecule has 0 spiro atoms. The first-order chi connectivity index (χ1) is 10.5. The van der Waals surface area contributed by atoms with Gasteiger partial charge in [-0.1, -0.05) is 20.8 Å². The summed E-state index contributed by atoms with van der Waals surface area (Å²) in [5, 5.41) is 10.2. The molecule has 0 bridgehead atoms. The van der Waals surface area contributed by atoms with E-state index in [1.54, 1.807) is 13.0 Å². The molecule has 1 aromatic heterocycles. The SMILES string of the molecule is CB(O)N1Cc2cc(N)cnc2C(CO[Si](C)(C)C(C)(C)C)C1. The maximum absolute atomic E-state index is 9.99. The smallest absolute Gasteiger partial charge is 0.376 e. The molecule has 0 saturated carbocycles. The van der Waals surface area contributed by atoms with Crippen molar-refractivity contribution in [2.75, 3.05) is 18.9 Å². The molecule has 1 aromatic rings. The largest absolute Gasteiger partial charge is 0.437 e. The quantitative estimate of drug-likeness (QED) is 0.828. The van der Waals surface area contributed by atoms with Crippen LogP contribution in [0.1, 0.15) is 37.9 Å². The molecule has 0 aromatic carbocycles. The Kier molecular flexibility index (Phi) is 5.25. The van der Waals surface area contributed by atoms with E-state index >= 15 is 0 Å². The van der Waals surface area contributed by atoms with E-state index in [2.05, 4.69) is 38.8 Å². The highest BCUT2D eigenvalue weighted by Crippen LogP contribution is 2.38. The van der Waals surface area contributed by atoms with Gasteiger partial charge in [-0.2, -0.15) is 0 Å². The molecule has 0 amide bonds. The predicted molar refractivity (Wildman–Crippen MR) is 98.8 cm³/mol. The minimum absolute atomic E-state index is 0.170. The van der Waals surface area contributed by atoms with Crippen molar-refractivity contribution in [1.82, 2.24) is 9.79 Å². The lowest BCUT2D eigenvalue weighted by atomic mass is 9.80. The minimum Gasteiger partial charge on any atom is -0.437 e. The van der Waals surface area contributed by atoms with Gasteiger partial charge in [0.05, 0.1) is 17.6 Å². The van der Waals surface area contributed by atoms with Gasteiger partial charge in [-0.15, -0.1) is 0 Å². The van der Waals surface area contributed by atoms with Gasteiger partial charge in [0.2, 0.25) is 0 Å². The van der Waals surface area contributed by atoms with Crippen LogP contribution >= 0.6 is 0 Å². The van der Waals surface area contributed by atoms with E-state index in [1.807, 2.05) is 10.9 Å². The summed E-state index contributed by atoms with van der Waals surface area (Å²) >= 11 is 0. The summed E-state index contributed by atoms with van der Waals surface area (Å²) in [5.41, 5.74) is 8.71. The highest BCUT2D eigenvalue weighted by molar-refractivity contribution is 6.74. The molecule has 1 unspecified atom stereocenters. The minimum atomic E-state index is -1.80. The molecule has 1 aliphatic heterocycles. The maximum Gasteiger partial charge on any atom is 0.376 e. The highest BCUT2D eigenvalue weighted by Gasteiger charge is 2.39. The third-order valence-corrected chi connectivity index (χ3v) is 9.72. The third kappa shape index (κ3) is 4.15. The van der Waals surface area contributed by atoms with Crippen LogP contribution in [0, 0.1) is 0 Å². The lowest BCUT2D eigenvalue weighted by molar-refractivity contribution is 0.218. The van der Waals surface area contributed by atoms with Crippen molar-refractivity contribution in [1.29, 1.82) is 0 Å². The van der Waals surface area contributed by atoms with E-state index < -0.39 is 15.4 Å². The van der Waals surface area contributed by atoms with Gasteiger partial charge in [0.25, 0.3) is 0 Å². The van der Waals surface area contributed by atoms with Crippen molar-refractivity contribution < 1.29 is 9.45 Å². The lowest BCUT2D eigenvalue weighted by Crippen LogP contribution is -2.46. The van der Waals surface area contributed by atoms with Crippen LogP contribution in [0.2, 0.25) is 25.0 Å². The molecule has 23 heavy (non-hydrogen) atoms. The Labute approximate surface area is 141 Å². The zero-order valence-electron chi connectivity index (χ0n) is 15.3. The summed E-state index contributed by atoms with van der Waals surface area (Å²) in [4.78, 5) is 6.60. The van der Waals surface area contributed by atoms with Crippen molar-refractivity contribution >= 4 is 21.1 Å². The molecule has 0 fully saturated rings. The van der Waals surface area contributed by atoms with E-state index in [-0.39, 0.29) is 11.0 Å². The van der Waals surface area contributed by atoms with Crippen LogP contribution in [0.25, 0.3) is 0 Å². The average Bonchev–Trinajstić information content (AvgIpc) is 2.42. The summed E-state index contributed by atoms with van der Waals surface area (Å²) in [7, 11) is -2.29. The van der Waals surface area contributed by atoms with Crippen molar-refractivity contribution in [2.45, 2.75) is 58.2 Å². The number of anilines is 1. The summed E-state index contributed by atoms with van der Waals surface area (Å²) in [6.45, 7) is 15.1. The molecule has 7 heteroatoms. The van der Waals surface area contributed by atoms with Crippen LogP contribution in [-0.4, -0.2) is 43.3 Å². The molecule has 2 heterocycles. The Morgan fingerprint density at radius 1 is 1.48 bits per heavy atom. The van der Waals surface area contributed by atoms with Gasteiger partial charge in [0.1, 0.15) is 0 Å². The van der Waals surface area contributed by atoms with Crippen molar-refractivity contribution in [3.63, 3.8) is 0 Å². The first kappa shape index (κ1) is 18.5. The number of nitrogens with zero attached hydrogens (tertiary/aromatic N) is 2. The standard InChI is InChI=1S/C16H30BN3O2Si/c1-16(2,3)23(5,6)22-11-13-10-20(17(4)21)9-12-7-14(18)8-19-15(12)13/h7-8,13,21H,9-11,18H2,1-6H3. The van der Waals surface area contributed by atoms with Gasteiger partial charge >= 0.3 is 7.05 Å². The molecule has 3 N–H and O–H groups in total. The molecule has 0 saturated heterocycles. The van der Waals surface area contributed by atoms with Crippen molar-refractivity contribution in [2.24, 2.45) is 0 Å². The zero-order valence-corrected chi connectivity index (χ0v) is 16.3. The molecule has 5 nitrogen and oxygen atoms in total. The second-order valence-corrected chi connectivity index (χ2v) is 13.0. The fraction of sp³-hybridized carbons (Fsp3) is 0.688. The fourth-order valence-electron chi connectivity index (χ4n) is 2.63. The van der Waals surface area contributed by atoms with Gasteiger partial charge in [0, 0.05) is 25.6 Å². The highest BCUT2D eigenvalue weighted by atomic mass is 28.4. The Morgan fingerprint density at radius 3 is 2.70 bits per heavy atom. The number of hydrogen-bond acceptors (Lipinski definition) is 5. The van der Waals surface area contributed by atoms with Crippen LogP contribution in [0.4, 0.5) is 5.69 Å². The van der Waals surface area contributed by atoms with Gasteiger partial charge in [-0.05, 0) is 36.6 Å². The van der Waals surface area contributed by atoms with Gasteiger partial charge in [-0.25, -0.2) is 0 Å². The molecule has 0 aliphatic carbocycles. The number of pyridine rings is 1. The number of nitrogen functional groups attached to an aromatic ring is 1. The van der Waals surface area contributed by atoms with E-state index in [9.17, 15) is 5.02 Å². The summed E-state index contributed by atoms with van der Waals surface area (Å²) in [6, 6.07) is 1.97. The Balaban J connectivity index is 2.21. The van der Waals surface area contributed by atoms with Gasteiger partial charge < -0.3 is 20.0 Å². The van der Waals surface area contributed by atoms with Gasteiger partial charge in [0.15, 0.2) is 8.32 Å². The second kappa shape index (κ2) is 6.55. The number of nitrogens with two attached hydrogens (primary N) is 1. The zero-order chi connectivity index (χ0) is 17.4. The second-order valence-electron chi connectivity index (χ2n) is 8.14. The topological polar surface area (TPSA) is 71.6 Å². The Morgan fingerprint density at radius 2 is 2.13 bits per heavy atom. The summed E-state index contributed by atoms with van der Waals surface area (Å²) < 4.78 is 6.41. The Bertz CT molecular complexity index is 561. The molecular weight excluding hydrogens is 305 g/mol. The Hall–Kier alpha value is -0.888. The van der Waals surface area contributed by atoms with Crippen LogP contribution in [0.15, 0.2) is 12.3 Å². The number of hydrogen-bond donors (Lipinski definition) is 2. The van der Waals surface area contributed by atoms with Crippen LogP contribution in [0.5, 0.6) is 0 Å². The van der Waals surface area contributed by atoms with Crippen molar-refractivity contribution in [3.8, 4) is 0 Å². The monoisotopic (exact) mass is 335 g/mol. The molecule has 128 valence electrons. The maximum atomic E-state index is 9.99. The molecule has 0 radical (unpaired) electrons. The van der Waals surface area contributed by atoms with Crippen LogP contribution in [0.3, 0.4) is 0 Å². The third-order valence-electron chi connectivity index (χ3n) is 5.22.